The molecule has 0 saturated carbocycles. The zero-order valence-corrected chi connectivity index (χ0v) is 9.87. The molecule has 1 N–H and O–H groups in total. The largest absolute Gasteiger partial charge is 0.573 e. The minimum absolute atomic E-state index is 0.153. The Morgan fingerprint density at radius 1 is 1.44 bits per heavy atom. The number of hydrogen-bond donors (Lipinski definition) is 1. The van der Waals surface area contributed by atoms with Gasteiger partial charge in [0, 0.05) is 0 Å². The molecule has 1 rings (SSSR count). The van der Waals surface area contributed by atoms with Crippen LogP contribution < -0.4 is 4.74 Å². The number of rotatable bonds is 3. The van der Waals surface area contributed by atoms with Gasteiger partial charge in [0.25, 0.3) is 0 Å². The summed E-state index contributed by atoms with van der Waals surface area (Å²) in [6.45, 7) is 0. The van der Waals surface area contributed by atoms with Crippen molar-refractivity contribution in [3.8, 4) is 5.75 Å². The standard InChI is InChI=1S/C9H6F3IO3/c10-9(11,12)16-6-3-1-2-5(8(6)13)4-7(14)15/h1-3H,4H2,(H,14,15). The predicted octanol–water partition coefficient (Wildman–Crippen LogP) is 2.82. The van der Waals surface area contributed by atoms with E-state index in [1.165, 1.54) is 12.1 Å². The van der Waals surface area contributed by atoms with E-state index >= 15 is 0 Å². The van der Waals surface area contributed by atoms with Crippen molar-refractivity contribution in [2.75, 3.05) is 0 Å². The van der Waals surface area contributed by atoms with E-state index in [1.54, 1.807) is 22.6 Å². The van der Waals surface area contributed by atoms with Crippen LogP contribution in [-0.2, 0) is 11.2 Å². The topological polar surface area (TPSA) is 46.5 Å². The van der Waals surface area contributed by atoms with Gasteiger partial charge in [-0.25, -0.2) is 0 Å². The molecule has 7 heteroatoms. The van der Waals surface area contributed by atoms with E-state index in [0.717, 1.165) is 6.07 Å². The van der Waals surface area contributed by atoms with Crippen molar-refractivity contribution in [1.82, 2.24) is 0 Å². The first-order chi connectivity index (χ1) is 7.29. The van der Waals surface area contributed by atoms with Crippen LogP contribution in [0, 0.1) is 3.57 Å². The Bertz CT molecular complexity index is 403. The van der Waals surface area contributed by atoms with Gasteiger partial charge in [-0.1, -0.05) is 12.1 Å². The summed E-state index contributed by atoms with van der Waals surface area (Å²) in [6, 6.07) is 3.90. The number of alkyl halides is 3. The fourth-order valence-electron chi connectivity index (χ4n) is 1.06. The molecule has 0 unspecified atom stereocenters. The summed E-state index contributed by atoms with van der Waals surface area (Å²) >= 11 is 1.63. The van der Waals surface area contributed by atoms with Gasteiger partial charge in [-0.05, 0) is 34.2 Å². The highest BCUT2D eigenvalue weighted by Gasteiger charge is 2.32. The summed E-state index contributed by atoms with van der Waals surface area (Å²) in [4.78, 5) is 10.5. The normalized spacial score (nSPS) is 11.2. The maximum Gasteiger partial charge on any atom is 0.573 e. The molecule has 1 aromatic rings. The zero-order valence-electron chi connectivity index (χ0n) is 7.71. The Balaban J connectivity index is 2.99. The van der Waals surface area contributed by atoms with Crippen LogP contribution in [0.2, 0.25) is 0 Å². The van der Waals surface area contributed by atoms with E-state index < -0.39 is 12.3 Å². The van der Waals surface area contributed by atoms with Gasteiger partial charge >= 0.3 is 12.3 Å². The molecule has 0 aromatic heterocycles. The van der Waals surface area contributed by atoms with Gasteiger partial charge in [0.2, 0.25) is 0 Å². The van der Waals surface area contributed by atoms with Gasteiger partial charge in [-0.15, -0.1) is 13.2 Å². The number of carbonyl (C=O) groups is 1. The van der Waals surface area contributed by atoms with Crippen molar-refractivity contribution < 1.29 is 27.8 Å². The van der Waals surface area contributed by atoms with Gasteiger partial charge in [-0.2, -0.15) is 0 Å². The highest BCUT2D eigenvalue weighted by molar-refractivity contribution is 14.1. The molecule has 0 radical (unpaired) electrons. The molecule has 3 nitrogen and oxygen atoms in total. The number of halogens is 4. The summed E-state index contributed by atoms with van der Waals surface area (Å²) in [5.74, 6) is -1.49. The maximum atomic E-state index is 12.0. The molecular formula is C9H6F3IO3. The third kappa shape index (κ3) is 3.87. The Kier molecular flexibility index (Phi) is 4.00. The van der Waals surface area contributed by atoms with Crippen LogP contribution in [0.1, 0.15) is 5.56 Å². The number of aliphatic carboxylic acids is 1. The number of benzene rings is 1. The lowest BCUT2D eigenvalue weighted by Gasteiger charge is -2.12. The number of hydrogen-bond acceptors (Lipinski definition) is 2. The van der Waals surface area contributed by atoms with E-state index in [4.69, 9.17) is 5.11 Å². The first kappa shape index (κ1) is 13.1. The van der Waals surface area contributed by atoms with E-state index in [0.29, 0.717) is 0 Å². The minimum atomic E-state index is -4.78. The first-order valence-electron chi connectivity index (χ1n) is 4.04. The van der Waals surface area contributed by atoms with Crippen LogP contribution in [0.5, 0.6) is 5.75 Å². The lowest BCUT2D eigenvalue weighted by molar-refractivity contribution is -0.275. The van der Waals surface area contributed by atoms with Crippen LogP contribution in [-0.4, -0.2) is 17.4 Å². The lowest BCUT2D eigenvalue weighted by Crippen LogP contribution is -2.18. The van der Waals surface area contributed by atoms with E-state index in [2.05, 4.69) is 4.74 Å². The van der Waals surface area contributed by atoms with Gasteiger partial charge in [0.1, 0.15) is 5.75 Å². The van der Waals surface area contributed by atoms with Crippen LogP contribution in [0.4, 0.5) is 13.2 Å². The molecule has 0 aliphatic carbocycles. The second-order valence-electron chi connectivity index (χ2n) is 2.85. The fraction of sp³-hybridized carbons (Fsp3) is 0.222. The zero-order chi connectivity index (χ0) is 12.3. The molecule has 0 amide bonds. The van der Waals surface area contributed by atoms with Crippen LogP contribution in [0.25, 0.3) is 0 Å². The summed E-state index contributed by atoms with van der Waals surface area (Å²) in [5.41, 5.74) is 0.287. The molecule has 0 aliphatic rings. The number of carboxylic acid groups (broad SMARTS) is 1. The van der Waals surface area contributed by atoms with Crippen molar-refractivity contribution in [3.05, 3.63) is 27.3 Å². The summed E-state index contributed by atoms with van der Waals surface area (Å²) in [7, 11) is 0. The van der Waals surface area contributed by atoms with Gasteiger partial charge in [0.05, 0.1) is 9.99 Å². The predicted molar refractivity (Wildman–Crippen MR) is 57.2 cm³/mol. The molecule has 0 atom stereocenters. The number of ether oxygens (including phenoxy) is 1. The van der Waals surface area contributed by atoms with Crippen molar-refractivity contribution in [2.24, 2.45) is 0 Å². The molecule has 1 aromatic carbocycles. The lowest BCUT2D eigenvalue weighted by atomic mass is 10.1. The molecule has 0 aliphatic heterocycles. The average Bonchev–Trinajstić information content (AvgIpc) is 2.09. The third-order valence-corrected chi connectivity index (χ3v) is 2.84. The molecule has 0 spiro atoms. The van der Waals surface area contributed by atoms with Gasteiger partial charge in [0.15, 0.2) is 0 Å². The highest BCUT2D eigenvalue weighted by Crippen LogP contribution is 2.29. The fourth-order valence-corrected chi connectivity index (χ4v) is 1.72. The molecule has 0 heterocycles. The molecule has 88 valence electrons. The van der Waals surface area contributed by atoms with Crippen LogP contribution in [0.3, 0.4) is 0 Å². The first-order valence-corrected chi connectivity index (χ1v) is 5.12. The van der Waals surface area contributed by atoms with E-state index in [-0.39, 0.29) is 21.3 Å². The molecule has 16 heavy (non-hydrogen) atoms. The minimum Gasteiger partial charge on any atom is -0.481 e. The van der Waals surface area contributed by atoms with Gasteiger partial charge < -0.3 is 9.84 Å². The summed E-state index contributed by atoms with van der Waals surface area (Å²) < 4.78 is 39.8. The maximum absolute atomic E-state index is 12.0. The monoisotopic (exact) mass is 346 g/mol. The van der Waals surface area contributed by atoms with Crippen molar-refractivity contribution in [1.29, 1.82) is 0 Å². The molecule has 0 bridgehead atoms. The van der Waals surface area contributed by atoms with Gasteiger partial charge in [-0.3, -0.25) is 4.79 Å². The van der Waals surface area contributed by atoms with E-state index in [9.17, 15) is 18.0 Å². The van der Waals surface area contributed by atoms with Crippen molar-refractivity contribution in [3.63, 3.8) is 0 Å². The van der Waals surface area contributed by atoms with Crippen LogP contribution >= 0.6 is 22.6 Å². The van der Waals surface area contributed by atoms with Crippen molar-refractivity contribution in [2.45, 2.75) is 12.8 Å². The quantitative estimate of drug-likeness (QED) is 0.857. The Morgan fingerprint density at radius 3 is 2.56 bits per heavy atom. The van der Waals surface area contributed by atoms with E-state index in [1.807, 2.05) is 0 Å². The smallest absolute Gasteiger partial charge is 0.481 e. The second-order valence-corrected chi connectivity index (χ2v) is 3.93. The van der Waals surface area contributed by atoms with Crippen molar-refractivity contribution >= 4 is 28.6 Å². The Morgan fingerprint density at radius 2 is 2.06 bits per heavy atom. The average molecular weight is 346 g/mol. The number of carboxylic acids is 1. The van der Waals surface area contributed by atoms with Crippen LogP contribution in [0.15, 0.2) is 18.2 Å². The SMILES string of the molecule is O=C(O)Cc1cccc(OC(F)(F)F)c1I. The second kappa shape index (κ2) is 4.89. The Labute approximate surface area is 102 Å². The Hall–Kier alpha value is -0.990. The molecular weight excluding hydrogens is 340 g/mol. The summed E-state index contributed by atoms with van der Waals surface area (Å²) in [6.07, 6.45) is -5.12. The third-order valence-electron chi connectivity index (χ3n) is 1.61. The molecule has 0 fully saturated rings. The molecule has 0 saturated heterocycles. The summed E-state index contributed by atoms with van der Waals surface area (Å²) in [5, 5.41) is 8.55. The highest BCUT2D eigenvalue weighted by atomic mass is 127.